The molecule has 2 heteroatoms. The van der Waals surface area contributed by atoms with Crippen molar-refractivity contribution in [2.75, 3.05) is 13.7 Å². The number of rotatable bonds is 5. The molecule has 62 valence electrons. The Hall–Kier alpha value is -0.0800. The van der Waals surface area contributed by atoms with Crippen LogP contribution in [0.3, 0.4) is 0 Å². The van der Waals surface area contributed by atoms with Crippen molar-refractivity contribution in [1.29, 1.82) is 0 Å². The molecule has 0 aliphatic rings. The quantitative estimate of drug-likeness (QED) is 0.605. The van der Waals surface area contributed by atoms with E-state index < -0.39 is 0 Å². The molecule has 0 aromatic rings. The second-order valence-electron chi connectivity index (χ2n) is 2.92. The van der Waals surface area contributed by atoms with Gasteiger partial charge in [0.2, 0.25) is 0 Å². The van der Waals surface area contributed by atoms with Crippen molar-refractivity contribution in [2.24, 2.45) is 5.92 Å². The summed E-state index contributed by atoms with van der Waals surface area (Å²) in [5, 5.41) is 12.0. The predicted molar refractivity (Wildman–Crippen MR) is 44.0 cm³/mol. The SMILES string of the molecule is CC[C@H](CC(C)CO)NC. The summed E-state index contributed by atoms with van der Waals surface area (Å²) in [5.41, 5.74) is 0. The topological polar surface area (TPSA) is 32.3 Å². The monoisotopic (exact) mass is 145 g/mol. The first-order valence-electron chi connectivity index (χ1n) is 4.02. The van der Waals surface area contributed by atoms with Crippen molar-refractivity contribution in [3.8, 4) is 0 Å². The second-order valence-corrected chi connectivity index (χ2v) is 2.92. The number of hydrogen-bond acceptors (Lipinski definition) is 2. The summed E-state index contributed by atoms with van der Waals surface area (Å²) in [6.45, 7) is 4.53. The molecule has 0 bridgehead atoms. The van der Waals surface area contributed by atoms with Gasteiger partial charge in [-0.15, -0.1) is 0 Å². The number of nitrogens with one attached hydrogen (secondary N) is 1. The lowest BCUT2D eigenvalue weighted by molar-refractivity contribution is 0.218. The molecule has 2 N–H and O–H groups in total. The van der Waals surface area contributed by atoms with Crippen LogP contribution in [0.2, 0.25) is 0 Å². The fraction of sp³-hybridized carbons (Fsp3) is 1.00. The van der Waals surface area contributed by atoms with Crippen LogP contribution in [0.5, 0.6) is 0 Å². The van der Waals surface area contributed by atoms with E-state index in [0.29, 0.717) is 18.6 Å². The third kappa shape index (κ3) is 3.85. The number of aliphatic hydroxyl groups is 1. The Balaban J connectivity index is 3.41. The van der Waals surface area contributed by atoms with E-state index in [1.807, 2.05) is 7.05 Å². The Kier molecular flexibility index (Phi) is 5.64. The molecular weight excluding hydrogens is 126 g/mol. The van der Waals surface area contributed by atoms with E-state index in [1.165, 1.54) is 0 Å². The fourth-order valence-corrected chi connectivity index (χ4v) is 1.05. The highest BCUT2D eigenvalue weighted by Crippen LogP contribution is 2.06. The zero-order valence-electron chi connectivity index (χ0n) is 7.22. The Morgan fingerprint density at radius 2 is 2.10 bits per heavy atom. The van der Waals surface area contributed by atoms with Crippen molar-refractivity contribution in [3.05, 3.63) is 0 Å². The molecule has 0 aliphatic heterocycles. The Labute approximate surface area is 63.6 Å². The van der Waals surface area contributed by atoms with E-state index in [1.54, 1.807) is 0 Å². The molecular formula is C8H19NO. The molecule has 0 amide bonds. The van der Waals surface area contributed by atoms with E-state index in [4.69, 9.17) is 5.11 Å². The summed E-state index contributed by atoms with van der Waals surface area (Å²) in [6, 6.07) is 0.571. The maximum atomic E-state index is 8.75. The van der Waals surface area contributed by atoms with Gasteiger partial charge in [-0.2, -0.15) is 0 Å². The summed E-state index contributed by atoms with van der Waals surface area (Å²) < 4.78 is 0. The summed E-state index contributed by atoms with van der Waals surface area (Å²) in [5.74, 6) is 0.428. The molecule has 0 rings (SSSR count). The van der Waals surface area contributed by atoms with Gasteiger partial charge in [-0.3, -0.25) is 0 Å². The highest BCUT2D eigenvalue weighted by atomic mass is 16.3. The Morgan fingerprint density at radius 1 is 1.50 bits per heavy atom. The van der Waals surface area contributed by atoms with Gasteiger partial charge in [-0.1, -0.05) is 13.8 Å². The minimum atomic E-state index is 0.304. The van der Waals surface area contributed by atoms with Crippen molar-refractivity contribution in [3.63, 3.8) is 0 Å². The van der Waals surface area contributed by atoms with Crippen LogP contribution >= 0.6 is 0 Å². The smallest absolute Gasteiger partial charge is 0.0457 e. The maximum Gasteiger partial charge on any atom is 0.0457 e. The third-order valence-electron chi connectivity index (χ3n) is 1.90. The summed E-state index contributed by atoms with van der Waals surface area (Å²) in [7, 11) is 1.97. The van der Waals surface area contributed by atoms with Crippen LogP contribution in [0, 0.1) is 5.92 Å². The molecule has 0 aromatic carbocycles. The molecule has 2 nitrogen and oxygen atoms in total. The predicted octanol–water partition coefficient (Wildman–Crippen LogP) is 1.00. The molecule has 0 radical (unpaired) electrons. The minimum Gasteiger partial charge on any atom is -0.396 e. The highest BCUT2D eigenvalue weighted by Gasteiger charge is 2.07. The van der Waals surface area contributed by atoms with Crippen molar-refractivity contribution < 1.29 is 5.11 Å². The van der Waals surface area contributed by atoms with Crippen LogP contribution in [-0.2, 0) is 0 Å². The van der Waals surface area contributed by atoms with Crippen molar-refractivity contribution >= 4 is 0 Å². The Bertz CT molecular complexity index is 71.7. The number of aliphatic hydroxyl groups excluding tert-OH is 1. The van der Waals surface area contributed by atoms with Gasteiger partial charge in [0.1, 0.15) is 0 Å². The van der Waals surface area contributed by atoms with E-state index in [0.717, 1.165) is 12.8 Å². The summed E-state index contributed by atoms with van der Waals surface area (Å²) in [4.78, 5) is 0. The van der Waals surface area contributed by atoms with Gasteiger partial charge in [-0.05, 0) is 25.8 Å². The van der Waals surface area contributed by atoms with Gasteiger partial charge in [0.25, 0.3) is 0 Å². The van der Waals surface area contributed by atoms with E-state index >= 15 is 0 Å². The van der Waals surface area contributed by atoms with Crippen LogP contribution in [0.4, 0.5) is 0 Å². The van der Waals surface area contributed by atoms with Crippen LogP contribution in [-0.4, -0.2) is 24.8 Å². The molecule has 0 heterocycles. The molecule has 0 aliphatic carbocycles. The van der Waals surface area contributed by atoms with Crippen molar-refractivity contribution in [1.82, 2.24) is 5.32 Å². The number of hydrogen-bond donors (Lipinski definition) is 2. The average molecular weight is 145 g/mol. The zero-order chi connectivity index (χ0) is 7.98. The normalized spacial score (nSPS) is 16.8. The lowest BCUT2D eigenvalue weighted by Gasteiger charge is -2.16. The van der Waals surface area contributed by atoms with Gasteiger partial charge in [0, 0.05) is 12.6 Å². The molecule has 2 atom stereocenters. The molecule has 0 saturated heterocycles. The summed E-state index contributed by atoms with van der Waals surface area (Å²) in [6.07, 6.45) is 2.21. The van der Waals surface area contributed by atoms with Crippen LogP contribution in [0.25, 0.3) is 0 Å². The Morgan fingerprint density at radius 3 is 2.40 bits per heavy atom. The van der Waals surface area contributed by atoms with Crippen molar-refractivity contribution in [2.45, 2.75) is 32.7 Å². The molecule has 10 heavy (non-hydrogen) atoms. The summed E-state index contributed by atoms with van der Waals surface area (Å²) >= 11 is 0. The fourth-order valence-electron chi connectivity index (χ4n) is 1.05. The third-order valence-corrected chi connectivity index (χ3v) is 1.90. The zero-order valence-corrected chi connectivity index (χ0v) is 7.22. The molecule has 0 spiro atoms. The van der Waals surface area contributed by atoms with Crippen LogP contribution in [0.1, 0.15) is 26.7 Å². The highest BCUT2D eigenvalue weighted by molar-refractivity contribution is 4.65. The van der Waals surface area contributed by atoms with E-state index in [2.05, 4.69) is 19.2 Å². The molecule has 0 saturated carbocycles. The largest absolute Gasteiger partial charge is 0.396 e. The van der Waals surface area contributed by atoms with E-state index in [-0.39, 0.29) is 0 Å². The van der Waals surface area contributed by atoms with Gasteiger partial charge in [-0.25, -0.2) is 0 Å². The molecule has 1 unspecified atom stereocenters. The first kappa shape index (κ1) is 9.92. The lowest BCUT2D eigenvalue weighted by Crippen LogP contribution is -2.27. The van der Waals surface area contributed by atoms with Crippen LogP contribution in [0.15, 0.2) is 0 Å². The lowest BCUT2D eigenvalue weighted by atomic mass is 10.0. The van der Waals surface area contributed by atoms with Crippen LogP contribution < -0.4 is 5.32 Å². The first-order chi connectivity index (χ1) is 4.74. The molecule has 0 aromatic heterocycles. The van der Waals surface area contributed by atoms with Gasteiger partial charge in [0.15, 0.2) is 0 Å². The van der Waals surface area contributed by atoms with Gasteiger partial charge < -0.3 is 10.4 Å². The molecule has 0 fully saturated rings. The minimum absolute atomic E-state index is 0.304. The van der Waals surface area contributed by atoms with Gasteiger partial charge >= 0.3 is 0 Å². The average Bonchev–Trinajstić information content (AvgIpc) is 1.99. The maximum absolute atomic E-state index is 8.75. The standard InChI is InChI=1S/C8H19NO/c1-4-8(9-3)5-7(2)6-10/h7-10H,4-6H2,1-3H3/t7?,8-/m1/s1. The second kappa shape index (κ2) is 5.69. The van der Waals surface area contributed by atoms with Gasteiger partial charge in [0.05, 0.1) is 0 Å². The first-order valence-corrected chi connectivity index (χ1v) is 4.02. The van der Waals surface area contributed by atoms with E-state index in [9.17, 15) is 0 Å².